The Hall–Kier alpha value is -1.03. The molecule has 0 saturated heterocycles. The summed E-state index contributed by atoms with van der Waals surface area (Å²) in [5.74, 6) is -0.586. The van der Waals surface area contributed by atoms with Crippen LogP contribution in [0.1, 0.15) is 27.7 Å². The van der Waals surface area contributed by atoms with Crippen LogP contribution in [0.2, 0.25) is 0 Å². The monoisotopic (exact) mass is 258 g/mol. The molecule has 1 aromatic carbocycles. The van der Waals surface area contributed by atoms with Gasteiger partial charge in [0.25, 0.3) is 0 Å². The number of carboxylic acids is 1. The first-order chi connectivity index (χ1) is 6.56. The van der Waals surface area contributed by atoms with Crippen molar-refractivity contribution < 1.29 is 14.6 Å². The van der Waals surface area contributed by atoms with E-state index in [1.165, 1.54) is 7.11 Å². The Morgan fingerprint density at radius 3 is 2.64 bits per heavy atom. The lowest BCUT2D eigenvalue weighted by molar-refractivity contribution is 0.0693. The van der Waals surface area contributed by atoms with E-state index in [4.69, 9.17) is 9.84 Å². The molecule has 0 heterocycles. The molecular formula is C10H11BrO3. The summed E-state index contributed by atoms with van der Waals surface area (Å²) >= 11 is 3.40. The summed E-state index contributed by atoms with van der Waals surface area (Å²) in [7, 11) is 1.46. The lowest BCUT2D eigenvalue weighted by Gasteiger charge is -2.08. The Kier molecular flexibility index (Phi) is 3.52. The minimum absolute atomic E-state index is 0.180. The van der Waals surface area contributed by atoms with E-state index in [1.54, 1.807) is 18.2 Å². The van der Waals surface area contributed by atoms with Gasteiger partial charge < -0.3 is 9.84 Å². The van der Waals surface area contributed by atoms with Gasteiger partial charge in [-0.05, 0) is 24.6 Å². The molecule has 0 radical (unpaired) electrons. The molecule has 0 aliphatic heterocycles. The molecule has 4 heteroatoms. The van der Waals surface area contributed by atoms with E-state index >= 15 is 0 Å². The zero-order valence-electron chi connectivity index (χ0n) is 7.95. The van der Waals surface area contributed by atoms with Crippen LogP contribution in [-0.2, 0) is 0 Å². The molecule has 14 heavy (non-hydrogen) atoms. The maximum atomic E-state index is 10.8. The number of rotatable bonds is 3. The molecule has 0 saturated carbocycles. The summed E-state index contributed by atoms with van der Waals surface area (Å²) in [6, 6.07) is 5.04. The van der Waals surface area contributed by atoms with Gasteiger partial charge in [-0.2, -0.15) is 0 Å². The first-order valence-electron chi connectivity index (χ1n) is 4.11. The second kappa shape index (κ2) is 4.46. The van der Waals surface area contributed by atoms with Crippen molar-refractivity contribution in [2.24, 2.45) is 0 Å². The molecular weight excluding hydrogens is 248 g/mol. The molecule has 1 unspecified atom stereocenters. The van der Waals surface area contributed by atoms with E-state index in [9.17, 15) is 4.79 Å². The topological polar surface area (TPSA) is 46.5 Å². The predicted molar refractivity (Wildman–Crippen MR) is 57.3 cm³/mol. The summed E-state index contributed by atoms with van der Waals surface area (Å²) in [4.78, 5) is 10.9. The molecule has 1 atom stereocenters. The highest BCUT2D eigenvalue weighted by Crippen LogP contribution is 2.27. The minimum Gasteiger partial charge on any atom is -0.496 e. The number of aromatic carboxylic acids is 1. The van der Waals surface area contributed by atoms with Gasteiger partial charge in [-0.15, -0.1) is 0 Å². The Bertz CT molecular complexity index is 347. The molecule has 76 valence electrons. The van der Waals surface area contributed by atoms with Crippen LogP contribution >= 0.6 is 15.9 Å². The summed E-state index contributed by atoms with van der Waals surface area (Å²) in [5.41, 5.74) is 1.18. The van der Waals surface area contributed by atoms with Crippen molar-refractivity contribution in [3.05, 3.63) is 29.3 Å². The van der Waals surface area contributed by atoms with Crippen LogP contribution in [0.3, 0.4) is 0 Å². The summed E-state index contributed by atoms with van der Waals surface area (Å²) in [6.07, 6.45) is 0. The third-order valence-corrected chi connectivity index (χ3v) is 2.44. The van der Waals surface area contributed by atoms with Gasteiger partial charge in [0, 0.05) is 4.83 Å². The summed E-state index contributed by atoms with van der Waals surface area (Å²) in [6.45, 7) is 1.97. The number of carbonyl (C=O) groups is 1. The van der Waals surface area contributed by atoms with Gasteiger partial charge in [0.05, 0.1) is 7.11 Å². The molecule has 0 aromatic heterocycles. The molecule has 0 aliphatic carbocycles. The summed E-state index contributed by atoms with van der Waals surface area (Å²) < 4.78 is 5.00. The van der Waals surface area contributed by atoms with Crippen molar-refractivity contribution in [1.29, 1.82) is 0 Å². The minimum atomic E-state index is -0.976. The lowest BCUT2D eigenvalue weighted by Crippen LogP contribution is -2.01. The number of carboxylic acid groups (broad SMARTS) is 1. The van der Waals surface area contributed by atoms with Gasteiger partial charge in [0.15, 0.2) is 0 Å². The number of hydrogen-bond acceptors (Lipinski definition) is 2. The SMILES string of the molecule is COc1cc(C(C)Br)ccc1C(=O)O. The number of benzene rings is 1. The van der Waals surface area contributed by atoms with E-state index in [0.717, 1.165) is 5.56 Å². The van der Waals surface area contributed by atoms with Gasteiger partial charge in [-0.1, -0.05) is 22.0 Å². The highest BCUT2D eigenvalue weighted by atomic mass is 79.9. The normalized spacial score (nSPS) is 12.2. The first kappa shape index (κ1) is 11.0. The van der Waals surface area contributed by atoms with Gasteiger partial charge in [-0.25, -0.2) is 4.79 Å². The smallest absolute Gasteiger partial charge is 0.339 e. The van der Waals surface area contributed by atoms with Crippen LogP contribution < -0.4 is 4.74 Å². The standard InChI is InChI=1S/C10H11BrO3/c1-6(11)7-3-4-8(10(12)13)9(5-7)14-2/h3-6H,1-2H3,(H,12,13). The van der Waals surface area contributed by atoms with Crippen molar-refractivity contribution in [3.63, 3.8) is 0 Å². The highest BCUT2D eigenvalue weighted by molar-refractivity contribution is 9.09. The zero-order valence-corrected chi connectivity index (χ0v) is 9.54. The molecule has 3 nitrogen and oxygen atoms in total. The Morgan fingerprint density at radius 2 is 2.21 bits per heavy atom. The highest BCUT2D eigenvalue weighted by Gasteiger charge is 2.12. The maximum Gasteiger partial charge on any atom is 0.339 e. The van der Waals surface area contributed by atoms with Gasteiger partial charge in [-0.3, -0.25) is 0 Å². The Balaban J connectivity index is 3.18. The zero-order chi connectivity index (χ0) is 10.7. The Morgan fingerprint density at radius 1 is 1.57 bits per heavy atom. The average molecular weight is 259 g/mol. The van der Waals surface area contributed by atoms with E-state index in [2.05, 4.69) is 15.9 Å². The summed E-state index contributed by atoms with van der Waals surface area (Å²) in [5, 5.41) is 8.83. The fourth-order valence-corrected chi connectivity index (χ4v) is 1.42. The predicted octanol–water partition coefficient (Wildman–Crippen LogP) is 2.85. The third kappa shape index (κ3) is 2.26. The fourth-order valence-electron chi connectivity index (χ4n) is 1.13. The second-order valence-electron chi connectivity index (χ2n) is 2.88. The van der Waals surface area contributed by atoms with Crippen molar-refractivity contribution in [3.8, 4) is 5.75 Å². The Labute approximate surface area is 90.8 Å². The second-order valence-corrected chi connectivity index (χ2v) is 4.25. The van der Waals surface area contributed by atoms with E-state index < -0.39 is 5.97 Å². The van der Waals surface area contributed by atoms with Crippen LogP contribution in [0, 0.1) is 0 Å². The van der Waals surface area contributed by atoms with Gasteiger partial charge in [0.1, 0.15) is 11.3 Å². The van der Waals surface area contributed by atoms with Crippen molar-refractivity contribution in [2.45, 2.75) is 11.8 Å². The molecule has 0 spiro atoms. The molecule has 1 aromatic rings. The maximum absolute atomic E-state index is 10.8. The fraction of sp³-hybridized carbons (Fsp3) is 0.300. The molecule has 1 N–H and O–H groups in total. The number of halogens is 1. The average Bonchev–Trinajstić information content (AvgIpc) is 2.16. The molecule has 0 bridgehead atoms. The van der Waals surface area contributed by atoms with Gasteiger partial charge in [0.2, 0.25) is 0 Å². The first-order valence-corrected chi connectivity index (χ1v) is 5.03. The number of alkyl halides is 1. The van der Waals surface area contributed by atoms with Crippen molar-refractivity contribution >= 4 is 21.9 Å². The lowest BCUT2D eigenvalue weighted by atomic mass is 10.1. The van der Waals surface area contributed by atoms with Gasteiger partial charge >= 0.3 is 5.97 Å². The molecule has 0 fully saturated rings. The quantitative estimate of drug-likeness (QED) is 0.849. The number of hydrogen-bond donors (Lipinski definition) is 1. The van der Waals surface area contributed by atoms with Crippen LogP contribution in [0.5, 0.6) is 5.75 Å². The molecule has 0 aliphatic rings. The van der Waals surface area contributed by atoms with Crippen LogP contribution in [0.4, 0.5) is 0 Å². The third-order valence-electron chi connectivity index (χ3n) is 1.92. The van der Waals surface area contributed by atoms with Crippen molar-refractivity contribution in [1.82, 2.24) is 0 Å². The van der Waals surface area contributed by atoms with Crippen LogP contribution in [-0.4, -0.2) is 18.2 Å². The number of methoxy groups -OCH3 is 1. The van der Waals surface area contributed by atoms with Crippen molar-refractivity contribution in [2.75, 3.05) is 7.11 Å². The molecule has 1 rings (SSSR count). The van der Waals surface area contributed by atoms with E-state index in [1.807, 2.05) is 6.92 Å². The van der Waals surface area contributed by atoms with E-state index in [0.29, 0.717) is 5.75 Å². The molecule has 0 amide bonds. The number of ether oxygens (including phenoxy) is 1. The van der Waals surface area contributed by atoms with Crippen LogP contribution in [0.25, 0.3) is 0 Å². The van der Waals surface area contributed by atoms with E-state index in [-0.39, 0.29) is 10.4 Å². The largest absolute Gasteiger partial charge is 0.496 e. The van der Waals surface area contributed by atoms with Crippen LogP contribution in [0.15, 0.2) is 18.2 Å².